The van der Waals surface area contributed by atoms with Gasteiger partial charge in [0.25, 0.3) is 0 Å². The van der Waals surface area contributed by atoms with Crippen molar-refractivity contribution < 1.29 is 4.74 Å². The van der Waals surface area contributed by atoms with Crippen molar-refractivity contribution in [3.05, 3.63) is 53.2 Å². The summed E-state index contributed by atoms with van der Waals surface area (Å²) in [5.41, 5.74) is 6.78. The van der Waals surface area contributed by atoms with Gasteiger partial charge < -0.3 is 9.64 Å². The van der Waals surface area contributed by atoms with Crippen LogP contribution in [0.5, 0.6) is 5.75 Å². The third kappa shape index (κ3) is 2.34. The van der Waals surface area contributed by atoms with Crippen LogP contribution in [0.25, 0.3) is 22.4 Å². The van der Waals surface area contributed by atoms with E-state index in [-0.39, 0.29) is 0 Å². The normalized spacial score (nSPS) is 12.7. The first-order valence-electron chi connectivity index (χ1n) is 7.96. The smallest absolute Gasteiger partial charge is 0.119 e. The van der Waals surface area contributed by atoms with Crippen molar-refractivity contribution in [2.24, 2.45) is 0 Å². The van der Waals surface area contributed by atoms with Gasteiger partial charge >= 0.3 is 0 Å². The Morgan fingerprint density at radius 3 is 2.88 bits per heavy atom. The Morgan fingerprint density at radius 1 is 1.21 bits per heavy atom. The number of halogens is 1. The standard InChI is InChI=1S/C19H18ClN3O/c1-3-23-11-13-10-21-22-19(13)15-6-4-12(8-18(15)23)16-9-14(24-2)5-7-17(16)20/h4-10H,3,11H2,1-2H3,(H,21,22). The first-order valence-corrected chi connectivity index (χ1v) is 8.34. The van der Waals surface area contributed by atoms with Gasteiger partial charge in [-0.1, -0.05) is 23.7 Å². The van der Waals surface area contributed by atoms with E-state index in [1.54, 1.807) is 7.11 Å². The van der Waals surface area contributed by atoms with Gasteiger partial charge in [0.15, 0.2) is 0 Å². The van der Waals surface area contributed by atoms with E-state index in [1.165, 1.54) is 16.8 Å². The highest BCUT2D eigenvalue weighted by molar-refractivity contribution is 6.33. The SMILES string of the molecule is CCN1Cc2cn[nH]c2-c2ccc(-c3cc(OC)ccc3Cl)cc21. The van der Waals surface area contributed by atoms with Crippen LogP contribution < -0.4 is 9.64 Å². The highest BCUT2D eigenvalue weighted by Gasteiger charge is 2.23. The maximum absolute atomic E-state index is 6.42. The van der Waals surface area contributed by atoms with E-state index < -0.39 is 0 Å². The third-order valence-corrected chi connectivity index (χ3v) is 4.88. The average molecular weight is 340 g/mol. The van der Waals surface area contributed by atoms with Crippen molar-refractivity contribution in [2.45, 2.75) is 13.5 Å². The Kier molecular flexibility index (Phi) is 3.69. The summed E-state index contributed by atoms with van der Waals surface area (Å²) in [6, 6.07) is 12.2. The molecule has 1 aliphatic heterocycles. The predicted octanol–water partition coefficient (Wildman–Crippen LogP) is 4.75. The maximum Gasteiger partial charge on any atom is 0.119 e. The number of benzene rings is 2. The van der Waals surface area contributed by atoms with E-state index in [0.29, 0.717) is 0 Å². The van der Waals surface area contributed by atoms with Gasteiger partial charge in [0.1, 0.15) is 5.75 Å². The summed E-state index contributed by atoms with van der Waals surface area (Å²) in [4.78, 5) is 2.35. The summed E-state index contributed by atoms with van der Waals surface area (Å²) in [6.45, 7) is 3.97. The zero-order chi connectivity index (χ0) is 16.7. The monoisotopic (exact) mass is 339 g/mol. The molecule has 0 spiro atoms. The fourth-order valence-corrected chi connectivity index (χ4v) is 3.49. The second-order valence-corrected chi connectivity index (χ2v) is 6.27. The summed E-state index contributed by atoms with van der Waals surface area (Å²) in [6.07, 6.45) is 1.91. The molecular formula is C19H18ClN3O. The largest absolute Gasteiger partial charge is 0.497 e. The van der Waals surface area contributed by atoms with E-state index in [1.807, 2.05) is 24.4 Å². The number of aromatic amines is 1. The molecule has 0 fully saturated rings. The van der Waals surface area contributed by atoms with Crippen LogP contribution in [-0.2, 0) is 6.54 Å². The number of hydrogen-bond acceptors (Lipinski definition) is 3. The van der Waals surface area contributed by atoms with Crippen molar-refractivity contribution >= 4 is 17.3 Å². The van der Waals surface area contributed by atoms with Crippen LogP contribution in [0.2, 0.25) is 5.02 Å². The second-order valence-electron chi connectivity index (χ2n) is 5.86. The Balaban J connectivity index is 1.87. The molecule has 0 amide bonds. The molecule has 1 aliphatic rings. The molecule has 2 heterocycles. The first kappa shape index (κ1) is 15.1. The molecule has 0 saturated heterocycles. The fraction of sp³-hybridized carbons (Fsp3) is 0.211. The molecule has 1 N–H and O–H groups in total. The van der Waals surface area contributed by atoms with Crippen LogP contribution in [0.1, 0.15) is 12.5 Å². The molecule has 0 bridgehead atoms. The highest BCUT2D eigenvalue weighted by atomic mass is 35.5. The van der Waals surface area contributed by atoms with Gasteiger partial charge in [-0.3, -0.25) is 5.10 Å². The topological polar surface area (TPSA) is 41.2 Å². The molecule has 0 saturated carbocycles. The molecule has 3 aromatic rings. The molecule has 0 aliphatic carbocycles. The van der Waals surface area contributed by atoms with Gasteiger partial charge in [0.2, 0.25) is 0 Å². The lowest BCUT2D eigenvalue weighted by molar-refractivity contribution is 0.415. The maximum atomic E-state index is 6.42. The van der Waals surface area contributed by atoms with Gasteiger partial charge in [-0.05, 0) is 36.8 Å². The minimum absolute atomic E-state index is 0.719. The highest BCUT2D eigenvalue weighted by Crippen LogP contribution is 2.41. The van der Waals surface area contributed by atoms with Crippen LogP contribution in [0, 0.1) is 0 Å². The Labute approximate surface area is 146 Å². The van der Waals surface area contributed by atoms with Gasteiger partial charge in [-0.15, -0.1) is 0 Å². The van der Waals surface area contributed by atoms with Crippen LogP contribution >= 0.6 is 11.6 Å². The first-order chi connectivity index (χ1) is 11.7. The van der Waals surface area contributed by atoms with Gasteiger partial charge in [-0.2, -0.15) is 5.10 Å². The number of fused-ring (bicyclic) bond motifs is 3. The molecule has 24 heavy (non-hydrogen) atoms. The molecule has 0 radical (unpaired) electrons. The lowest BCUT2D eigenvalue weighted by atomic mass is 9.95. The number of ether oxygens (including phenoxy) is 1. The van der Waals surface area contributed by atoms with Crippen molar-refractivity contribution in [1.82, 2.24) is 10.2 Å². The summed E-state index contributed by atoms with van der Waals surface area (Å²) in [7, 11) is 1.67. The number of hydrogen-bond donors (Lipinski definition) is 1. The fourth-order valence-electron chi connectivity index (χ4n) is 3.26. The molecule has 4 nitrogen and oxygen atoms in total. The van der Waals surface area contributed by atoms with E-state index >= 15 is 0 Å². The van der Waals surface area contributed by atoms with Crippen LogP contribution in [0.4, 0.5) is 5.69 Å². The van der Waals surface area contributed by atoms with E-state index in [0.717, 1.165) is 40.7 Å². The third-order valence-electron chi connectivity index (χ3n) is 4.55. The Morgan fingerprint density at radius 2 is 2.08 bits per heavy atom. The number of rotatable bonds is 3. The zero-order valence-corrected chi connectivity index (χ0v) is 14.4. The lowest BCUT2D eigenvalue weighted by Crippen LogP contribution is -2.25. The summed E-state index contributed by atoms with van der Waals surface area (Å²) >= 11 is 6.42. The number of nitrogens with one attached hydrogen (secondary N) is 1. The molecule has 0 unspecified atom stereocenters. The molecule has 1 aromatic heterocycles. The number of methoxy groups -OCH3 is 1. The molecular weight excluding hydrogens is 322 g/mol. The van der Waals surface area contributed by atoms with Gasteiger partial charge in [0, 0.05) is 40.5 Å². The number of H-pyrrole nitrogens is 1. The molecule has 0 atom stereocenters. The molecule has 2 aromatic carbocycles. The quantitative estimate of drug-likeness (QED) is 0.749. The number of nitrogens with zero attached hydrogens (tertiary/aromatic N) is 2. The van der Waals surface area contributed by atoms with Crippen molar-refractivity contribution in [2.75, 3.05) is 18.6 Å². The lowest BCUT2D eigenvalue weighted by Gasteiger charge is -2.30. The zero-order valence-electron chi connectivity index (χ0n) is 13.6. The van der Waals surface area contributed by atoms with E-state index in [9.17, 15) is 0 Å². The predicted molar refractivity (Wildman–Crippen MR) is 97.7 cm³/mol. The molecule has 4 rings (SSSR count). The summed E-state index contributed by atoms with van der Waals surface area (Å²) in [5.74, 6) is 0.801. The number of aromatic nitrogens is 2. The Bertz CT molecular complexity index is 903. The van der Waals surface area contributed by atoms with Gasteiger partial charge in [-0.25, -0.2) is 0 Å². The van der Waals surface area contributed by atoms with Crippen molar-refractivity contribution in [3.63, 3.8) is 0 Å². The number of anilines is 1. The minimum atomic E-state index is 0.719. The van der Waals surface area contributed by atoms with E-state index in [2.05, 4.69) is 40.2 Å². The molecule has 5 heteroatoms. The van der Waals surface area contributed by atoms with Crippen LogP contribution in [-0.4, -0.2) is 23.9 Å². The summed E-state index contributed by atoms with van der Waals surface area (Å²) < 4.78 is 5.34. The van der Waals surface area contributed by atoms with E-state index in [4.69, 9.17) is 16.3 Å². The summed E-state index contributed by atoms with van der Waals surface area (Å²) in [5, 5.41) is 8.04. The average Bonchev–Trinajstić information content (AvgIpc) is 3.09. The van der Waals surface area contributed by atoms with Gasteiger partial charge in [0.05, 0.1) is 19.0 Å². The second kappa shape index (κ2) is 5.87. The molecule has 122 valence electrons. The van der Waals surface area contributed by atoms with Crippen molar-refractivity contribution in [3.8, 4) is 28.1 Å². The Hall–Kier alpha value is -2.46. The van der Waals surface area contributed by atoms with Crippen LogP contribution in [0.15, 0.2) is 42.6 Å². The minimum Gasteiger partial charge on any atom is -0.497 e. The van der Waals surface area contributed by atoms with Crippen molar-refractivity contribution in [1.29, 1.82) is 0 Å². The van der Waals surface area contributed by atoms with Crippen LogP contribution in [0.3, 0.4) is 0 Å².